The summed E-state index contributed by atoms with van der Waals surface area (Å²) in [6.45, 7) is 2.50. The minimum Gasteiger partial charge on any atom is -0.477 e. The topological polar surface area (TPSA) is 35.0 Å². The zero-order valence-corrected chi connectivity index (χ0v) is 7.01. The number of rotatable bonds is 3. The van der Waals surface area contributed by atoms with E-state index in [1.165, 1.54) is 0 Å². The van der Waals surface area contributed by atoms with Gasteiger partial charge in [-0.1, -0.05) is 0 Å². The van der Waals surface area contributed by atoms with Crippen molar-refractivity contribution in [3.8, 4) is 5.88 Å². The Kier molecular flexibility index (Phi) is 3.11. The van der Waals surface area contributed by atoms with Crippen LogP contribution in [0.15, 0.2) is 12.4 Å². The fourth-order valence-corrected chi connectivity index (χ4v) is 0.797. The number of alkyl halides is 1. The van der Waals surface area contributed by atoms with Gasteiger partial charge in [-0.25, -0.2) is 4.98 Å². The molecule has 1 aromatic rings. The van der Waals surface area contributed by atoms with Crippen LogP contribution in [0.2, 0.25) is 0 Å². The van der Waals surface area contributed by atoms with Gasteiger partial charge in [0.1, 0.15) is 0 Å². The van der Waals surface area contributed by atoms with Crippen LogP contribution in [0.4, 0.5) is 0 Å². The maximum absolute atomic E-state index is 5.54. The van der Waals surface area contributed by atoms with Crippen LogP contribution in [0.5, 0.6) is 5.88 Å². The van der Waals surface area contributed by atoms with Gasteiger partial charge in [0.2, 0.25) is 5.88 Å². The van der Waals surface area contributed by atoms with E-state index in [0.717, 1.165) is 5.69 Å². The molecule has 0 aromatic carbocycles. The highest BCUT2D eigenvalue weighted by atomic mass is 35.5. The highest BCUT2D eigenvalue weighted by molar-refractivity contribution is 6.16. The van der Waals surface area contributed by atoms with Gasteiger partial charge in [-0.15, -0.1) is 11.6 Å². The highest BCUT2D eigenvalue weighted by Crippen LogP contribution is 2.06. The summed E-state index contributed by atoms with van der Waals surface area (Å²) in [7, 11) is 0. The van der Waals surface area contributed by atoms with Gasteiger partial charge in [-0.05, 0) is 6.92 Å². The lowest BCUT2D eigenvalue weighted by Crippen LogP contribution is -1.97. The summed E-state index contributed by atoms with van der Waals surface area (Å²) in [4.78, 5) is 7.97. The standard InChI is InChI=1S/C7H9ClN2O/c1-2-11-7-5-9-4-6(3-8)10-7/h4-5H,2-3H2,1H3. The average molecular weight is 173 g/mol. The normalized spacial score (nSPS) is 9.64. The third-order valence-corrected chi connectivity index (χ3v) is 1.37. The van der Waals surface area contributed by atoms with Crippen molar-refractivity contribution in [1.29, 1.82) is 0 Å². The number of hydrogen-bond donors (Lipinski definition) is 0. The minimum atomic E-state index is 0.369. The number of nitrogens with zero attached hydrogens (tertiary/aromatic N) is 2. The van der Waals surface area contributed by atoms with E-state index in [1.54, 1.807) is 12.4 Å². The Labute approximate surface area is 70.4 Å². The molecule has 0 amide bonds. The fourth-order valence-electron chi connectivity index (χ4n) is 0.668. The summed E-state index contributed by atoms with van der Waals surface area (Å²) in [5.41, 5.74) is 0.734. The van der Waals surface area contributed by atoms with Gasteiger partial charge < -0.3 is 4.74 Å². The maximum Gasteiger partial charge on any atom is 0.232 e. The van der Waals surface area contributed by atoms with Gasteiger partial charge in [0, 0.05) is 6.20 Å². The van der Waals surface area contributed by atoms with Crippen LogP contribution < -0.4 is 4.74 Å². The first-order valence-corrected chi connectivity index (χ1v) is 3.90. The Balaban J connectivity index is 2.74. The summed E-state index contributed by atoms with van der Waals surface area (Å²) < 4.78 is 5.12. The molecule has 1 rings (SSSR count). The van der Waals surface area contributed by atoms with E-state index in [1.807, 2.05) is 6.92 Å². The average Bonchev–Trinajstić information content (AvgIpc) is 2.06. The first-order valence-electron chi connectivity index (χ1n) is 3.36. The molecule has 0 saturated carbocycles. The summed E-state index contributed by atoms with van der Waals surface area (Å²) in [5, 5.41) is 0. The molecule has 4 heteroatoms. The van der Waals surface area contributed by atoms with E-state index >= 15 is 0 Å². The number of ether oxygens (including phenoxy) is 1. The van der Waals surface area contributed by atoms with Crippen molar-refractivity contribution < 1.29 is 4.74 Å². The molecule has 3 nitrogen and oxygen atoms in total. The Morgan fingerprint density at radius 2 is 2.36 bits per heavy atom. The van der Waals surface area contributed by atoms with Crippen LogP contribution in [-0.4, -0.2) is 16.6 Å². The molecule has 0 aliphatic heterocycles. The molecule has 0 spiro atoms. The van der Waals surface area contributed by atoms with Gasteiger partial charge in [0.15, 0.2) is 0 Å². The lowest BCUT2D eigenvalue weighted by molar-refractivity contribution is 0.324. The molecule has 0 unspecified atom stereocenters. The molecular formula is C7H9ClN2O. The second kappa shape index (κ2) is 4.13. The van der Waals surface area contributed by atoms with Crippen molar-refractivity contribution in [3.63, 3.8) is 0 Å². The Morgan fingerprint density at radius 3 is 3.00 bits per heavy atom. The lowest BCUT2D eigenvalue weighted by atomic mass is 10.5. The van der Waals surface area contributed by atoms with Crippen LogP contribution in [-0.2, 0) is 5.88 Å². The second-order valence-electron chi connectivity index (χ2n) is 1.92. The van der Waals surface area contributed by atoms with Crippen LogP contribution in [0.25, 0.3) is 0 Å². The molecule has 0 atom stereocenters. The monoisotopic (exact) mass is 172 g/mol. The van der Waals surface area contributed by atoms with Crippen LogP contribution >= 0.6 is 11.6 Å². The number of halogens is 1. The van der Waals surface area contributed by atoms with Gasteiger partial charge in [0.05, 0.1) is 24.4 Å². The highest BCUT2D eigenvalue weighted by Gasteiger charge is 1.96. The van der Waals surface area contributed by atoms with Crippen molar-refractivity contribution in [2.24, 2.45) is 0 Å². The van der Waals surface area contributed by atoms with Crippen molar-refractivity contribution in [3.05, 3.63) is 18.1 Å². The molecule has 11 heavy (non-hydrogen) atoms. The predicted octanol–water partition coefficient (Wildman–Crippen LogP) is 1.61. The first kappa shape index (κ1) is 8.27. The smallest absolute Gasteiger partial charge is 0.232 e. The van der Waals surface area contributed by atoms with Gasteiger partial charge >= 0.3 is 0 Å². The number of hydrogen-bond acceptors (Lipinski definition) is 3. The summed E-state index contributed by atoms with van der Waals surface area (Å²) in [6.07, 6.45) is 3.19. The summed E-state index contributed by atoms with van der Waals surface area (Å²) >= 11 is 5.54. The second-order valence-corrected chi connectivity index (χ2v) is 2.18. The molecule has 1 aromatic heterocycles. The molecule has 0 N–H and O–H groups in total. The van der Waals surface area contributed by atoms with Crippen molar-refractivity contribution in [2.45, 2.75) is 12.8 Å². The zero-order chi connectivity index (χ0) is 8.10. The van der Waals surface area contributed by atoms with Crippen molar-refractivity contribution in [2.75, 3.05) is 6.61 Å². The molecule has 0 bridgehead atoms. The molecule has 0 aliphatic rings. The van der Waals surface area contributed by atoms with Gasteiger partial charge in [0.25, 0.3) is 0 Å². The van der Waals surface area contributed by atoms with Crippen molar-refractivity contribution >= 4 is 11.6 Å². The maximum atomic E-state index is 5.54. The van der Waals surface area contributed by atoms with Crippen LogP contribution in [0.1, 0.15) is 12.6 Å². The van der Waals surface area contributed by atoms with Crippen LogP contribution in [0.3, 0.4) is 0 Å². The predicted molar refractivity (Wildman–Crippen MR) is 42.8 cm³/mol. The molecular weight excluding hydrogens is 164 g/mol. The lowest BCUT2D eigenvalue weighted by Gasteiger charge is -2.00. The fraction of sp³-hybridized carbons (Fsp3) is 0.429. The SMILES string of the molecule is CCOc1cncc(CCl)n1. The van der Waals surface area contributed by atoms with Crippen LogP contribution in [0, 0.1) is 0 Å². The van der Waals surface area contributed by atoms with E-state index in [4.69, 9.17) is 16.3 Å². The van der Waals surface area contributed by atoms with Gasteiger partial charge in [-0.2, -0.15) is 0 Å². The molecule has 0 saturated heterocycles. The summed E-state index contributed by atoms with van der Waals surface area (Å²) in [5.74, 6) is 0.902. The van der Waals surface area contributed by atoms with E-state index in [0.29, 0.717) is 18.4 Å². The Morgan fingerprint density at radius 1 is 1.55 bits per heavy atom. The van der Waals surface area contributed by atoms with E-state index < -0.39 is 0 Å². The molecule has 0 radical (unpaired) electrons. The summed E-state index contributed by atoms with van der Waals surface area (Å²) in [6, 6.07) is 0. The van der Waals surface area contributed by atoms with E-state index in [-0.39, 0.29) is 0 Å². The first-order chi connectivity index (χ1) is 5.36. The van der Waals surface area contributed by atoms with E-state index in [9.17, 15) is 0 Å². The Bertz CT molecular complexity index is 229. The largest absolute Gasteiger partial charge is 0.477 e. The minimum absolute atomic E-state index is 0.369. The molecule has 60 valence electrons. The Hall–Kier alpha value is -0.830. The third kappa shape index (κ3) is 2.35. The molecule has 1 heterocycles. The zero-order valence-electron chi connectivity index (χ0n) is 6.25. The van der Waals surface area contributed by atoms with Crippen molar-refractivity contribution in [1.82, 2.24) is 9.97 Å². The third-order valence-electron chi connectivity index (χ3n) is 1.09. The molecule has 0 aliphatic carbocycles. The van der Waals surface area contributed by atoms with E-state index in [2.05, 4.69) is 9.97 Å². The van der Waals surface area contributed by atoms with Gasteiger partial charge in [-0.3, -0.25) is 4.98 Å². The molecule has 0 fully saturated rings. The quantitative estimate of drug-likeness (QED) is 0.650. The number of aromatic nitrogens is 2.